The highest BCUT2D eigenvalue weighted by atomic mass is 16.5. The number of aromatic nitrogens is 8. The zero-order chi connectivity index (χ0) is 43.7. The van der Waals surface area contributed by atoms with Crippen LogP contribution >= 0.6 is 0 Å². The summed E-state index contributed by atoms with van der Waals surface area (Å²) in [6, 6.07) is 25.8. The fraction of sp³-hybridized carbons (Fsp3) is 0.522. The van der Waals surface area contributed by atoms with E-state index in [2.05, 4.69) is 136 Å². The summed E-state index contributed by atoms with van der Waals surface area (Å²) in [5.41, 5.74) is 6.90. The van der Waals surface area contributed by atoms with Gasteiger partial charge in [-0.3, -0.25) is 19.4 Å². The number of aliphatic carboxylic acids is 2. The minimum Gasteiger partial charge on any atom is -0.481 e. The van der Waals surface area contributed by atoms with Crippen LogP contribution in [0.4, 0.5) is 5.69 Å². The van der Waals surface area contributed by atoms with Gasteiger partial charge in [-0.1, -0.05) is 105 Å². The van der Waals surface area contributed by atoms with Gasteiger partial charge in [0.05, 0.1) is 25.0 Å². The van der Waals surface area contributed by atoms with Crippen molar-refractivity contribution < 1.29 is 24.5 Å². The molecule has 0 aliphatic carbocycles. The number of aromatic amines is 2. The zero-order valence-electron chi connectivity index (χ0n) is 36.3. The first kappa shape index (κ1) is 45.9. The largest absolute Gasteiger partial charge is 0.481 e. The number of carboxylic acids is 2. The third-order valence-corrected chi connectivity index (χ3v) is 12.3. The molecule has 5 N–H and O–H groups in total. The number of rotatable bonds is 21. The minimum absolute atomic E-state index is 0.304. The molecule has 5 aromatic rings. The number of anilines is 1. The van der Waals surface area contributed by atoms with E-state index >= 15 is 0 Å². The predicted molar refractivity (Wildman–Crippen MR) is 236 cm³/mol. The SMILES string of the molecule is CCC[C@H](C(=O)O)[C@H](Cc1ccc(-c2ccccc2CN2CCOCC2)cc1)c1nn[nH]n1.CCC[C@H](C(=O)O)[C@H](Cc1ccc(NCC2CCCN2CC)cc1)c1nn[nH]n1. The zero-order valence-corrected chi connectivity index (χ0v) is 36.3. The number of hydrogen-bond donors (Lipinski definition) is 5. The Morgan fingerprint density at radius 2 is 1.34 bits per heavy atom. The number of nitrogens with one attached hydrogen (secondary N) is 3. The summed E-state index contributed by atoms with van der Waals surface area (Å²) in [5, 5.41) is 51.6. The topological polar surface area (TPSA) is 211 Å². The van der Waals surface area contributed by atoms with Gasteiger partial charge in [0.2, 0.25) is 0 Å². The Labute approximate surface area is 364 Å². The van der Waals surface area contributed by atoms with Crippen LogP contribution in [0.1, 0.15) is 99.5 Å². The van der Waals surface area contributed by atoms with E-state index in [4.69, 9.17) is 4.74 Å². The lowest BCUT2D eigenvalue weighted by Crippen LogP contribution is -2.35. The molecule has 4 heterocycles. The Morgan fingerprint density at radius 3 is 1.85 bits per heavy atom. The summed E-state index contributed by atoms with van der Waals surface area (Å²) in [6.07, 6.45) is 6.38. The van der Waals surface area contributed by atoms with Gasteiger partial charge < -0.3 is 20.3 Å². The van der Waals surface area contributed by atoms with Crippen molar-refractivity contribution in [3.63, 3.8) is 0 Å². The van der Waals surface area contributed by atoms with Crippen LogP contribution < -0.4 is 5.32 Å². The Bertz CT molecular complexity index is 2060. The van der Waals surface area contributed by atoms with Gasteiger partial charge >= 0.3 is 11.9 Å². The molecule has 2 fully saturated rings. The van der Waals surface area contributed by atoms with Crippen LogP contribution in [0, 0.1) is 11.8 Å². The van der Waals surface area contributed by atoms with Crippen LogP contribution in [0.25, 0.3) is 11.1 Å². The van der Waals surface area contributed by atoms with Crippen LogP contribution in [0.3, 0.4) is 0 Å². The molecule has 2 saturated heterocycles. The second kappa shape index (κ2) is 23.6. The van der Waals surface area contributed by atoms with E-state index in [-0.39, 0.29) is 11.8 Å². The number of carbonyl (C=O) groups is 2. The van der Waals surface area contributed by atoms with Gasteiger partial charge in [0, 0.05) is 49.7 Å². The van der Waals surface area contributed by atoms with E-state index in [0.29, 0.717) is 43.4 Å². The molecule has 62 heavy (non-hydrogen) atoms. The van der Waals surface area contributed by atoms with Gasteiger partial charge in [0.1, 0.15) is 0 Å². The molecule has 2 aliphatic heterocycles. The number of nitrogens with zero attached hydrogens (tertiary/aromatic N) is 8. The van der Waals surface area contributed by atoms with Crippen molar-refractivity contribution in [2.75, 3.05) is 51.3 Å². The highest BCUT2D eigenvalue weighted by Gasteiger charge is 2.33. The summed E-state index contributed by atoms with van der Waals surface area (Å²) < 4.78 is 5.48. The summed E-state index contributed by atoms with van der Waals surface area (Å²) in [4.78, 5) is 28.7. The van der Waals surface area contributed by atoms with Crippen molar-refractivity contribution in [1.29, 1.82) is 0 Å². The molecule has 2 aliphatic rings. The second-order valence-electron chi connectivity index (χ2n) is 16.4. The lowest BCUT2D eigenvalue weighted by molar-refractivity contribution is -0.144. The Hall–Kier alpha value is -5.58. The number of H-pyrrole nitrogens is 2. The molecule has 7 rings (SSSR count). The van der Waals surface area contributed by atoms with Crippen LogP contribution in [0.5, 0.6) is 0 Å². The average Bonchev–Trinajstić information content (AvgIpc) is 4.12. The number of morpholine rings is 1. The van der Waals surface area contributed by atoms with Crippen molar-refractivity contribution in [3.05, 3.63) is 101 Å². The molecule has 16 nitrogen and oxygen atoms in total. The quantitative estimate of drug-likeness (QED) is 0.0538. The number of benzene rings is 3. The van der Waals surface area contributed by atoms with Gasteiger partial charge in [-0.05, 0) is 91.6 Å². The van der Waals surface area contributed by atoms with E-state index in [1.54, 1.807) is 0 Å². The summed E-state index contributed by atoms with van der Waals surface area (Å²) >= 11 is 0. The molecule has 0 radical (unpaired) electrons. The third-order valence-electron chi connectivity index (χ3n) is 12.3. The number of tetrazole rings is 2. The number of ether oxygens (including phenoxy) is 1. The third kappa shape index (κ3) is 12.7. The molecule has 16 heteroatoms. The van der Waals surface area contributed by atoms with Crippen molar-refractivity contribution in [2.24, 2.45) is 11.8 Å². The maximum atomic E-state index is 12.0. The fourth-order valence-corrected chi connectivity index (χ4v) is 8.90. The lowest BCUT2D eigenvalue weighted by atomic mass is 9.83. The van der Waals surface area contributed by atoms with Crippen molar-refractivity contribution in [1.82, 2.24) is 51.0 Å². The highest BCUT2D eigenvalue weighted by Crippen LogP contribution is 2.33. The van der Waals surface area contributed by atoms with Gasteiger partial charge in [-0.15, -0.1) is 20.4 Å². The first-order chi connectivity index (χ1) is 30.3. The monoisotopic (exact) mass is 850 g/mol. The lowest BCUT2D eigenvalue weighted by Gasteiger charge is -2.27. The maximum absolute atomic E-state index is 12.0. The van der Waals surface area contributed by atoms with E-state index < -0.39 is 23.8 Å². The summed E-state index contributed by atoms with van der Waals surface area (Å²) in [6.45, 7) is 13.8. The molecule has 0 amide bonds. The van der Waals surface area contributed by atoms with Crippen molar-refractivity contribution in [3.8, 4) is 11.1 Å². The molecule has 0 spiro atoms. The summed E-state index contributed by atoms with van der Waals surface area (Å²) in [5.74, 6) is -2.43. The molecule has 0 saturated carbocycles. The van der Waals surface area contributed by atoms with Crippen LogP contribution in [-0.2, 0) is 33.7 Å². The van der Waals surface area contributed by atoms with E-state index in [9.17, 15) is 19.8 Å². The molecular formula is C46H63N11O5. The molecular weight excluding hydrogens is 787 g/mol. The van der Waals surface area contributed by atoms with Crippen molar-refractivity contribution in [2.45, 2.75) is 96.6 Å². The normalized spacial score (nSPS) is 17.7. The Morgan fingerprint density at radius 1 is 0.774 bits per heavy atom. The van der Waals surface area contributed by atoms with Gasteiger partial charge in [0.25, 0.3) is 0 Å². The smallest absolute Gasteiger partial charge is 0.307 e. The molecule has 0 bridgehead atoms. The van der Waals surface area contributed by atoms with Crippen LogP contribution in [0.2, 0.25) is 0 Å². The molecule has 1 unspecified atom stereocenters. The minimum atomic E-state index is -0.819. The average molecular weight is 850 g/mol. The van der Waals surface area contributed by atoms with E-state index in [1.165, 1.54) is 30.5 Å². The predicted octanol–water partition coefficient (Wildman–Crippen LogP) is 6.45. The first-order valence-electron chi connectivity index (χ1n) is 22.2. The molecule has 3 aromatic carbocycles. The highest BCUT2D eigenvalue weighted by molar-refractivity contribution is 5.72. The molecule has 332 valence electrons. The van der Waals surface area contributed by atoms with Crippen LogP contribution in [-0.4, -0.2) is 125 Å². The van der Waals surface area contributed by atoms with E-state index in [1.807, 2.05) is 13.8 Å². The van der Waals surface area contributed by atoms with E-state index in [0.717, 1.165) is 81.2 Å². The van der Waals surface area contributed by atoms with Crippen LogP contribution in [0.15, 0.2) is 72.8 Å². The Balaban J connectivity index is 0.000000209. The molecule has 5 atom stereocenters. The standard InChI is InChI=1S/C25H31N5O3.C21H32N6O2/c1-2-5-22(25(31)32)23(24-26-28-29-27-24)16-18-8-10-19(11-9-18)21-7-4-3-6-20(21)17-30-12-14-33-15-13-30;1-3-6-18(21(28)29)19(20-23-25-26-24-20)13-15-8-10-16(11-9-15)22-14-17-7-5-12-27(17)4-2/h3-4,6-11,22-23H,2,5,12-17H2,1H3,(H,31,32)(H,26,27,28,29);8-11,17-19,22H,3-7,12-14H2,1-2H3,(H,28,29)(H,23,24,25,26)/t22-,23-;17?,18-,19-/m00/s1. The van der Waals surface area contributed by atoms with Gasteiger partial charge in [0.15, 0.2) is 11.6 Å². The maximum Gasteiger partial charge on any atom is 0.307 e. The Kier molecular flexibility index (Phi) is 17.5. The van der Waals surface area contributed by atoms with Crippen molar-refractivity contribution >= 4 is 17.6 Å². The first-order valence-corrected chi connectivity index (χ1v) is 22.2. The van der Waals surface area contributed by atoms with Gasteiger partial charge in [-0.25, -0.2) is 0 Å². The molecule has 2 aromatic heterocycles. The fourth-order valence-electron chi connectivity index (χ4n) is 8.90. The number of carboxylic acid groups (broad SMARTS) is 2. The number of hydrogen-bond acceptors (Lipinski definition) is 12. The number of likely N-dealkylation sites (tertiary alicyclic amines) is 1. The number of likely N-dealkylation sites (N-methyl/N-ethyl adjacent to an activating group) is 1. The summed E-state index contributed by atoms with van der Waals surface area (Å²) in [7, 11) is 0. The van der Waals surface area contributed by atoms with Gasteiger partial charge in [-0.2, -0.15) is 10.4 Å². The second-order valence-corrected chi connectivity index (χ2v) is 16.4.